The molecule has 8 heteroatoms. The van der Waals surface area contributed by atoms with Gasteiger partial charge in [-0.1, -0.05) is 42.5 Å². The fourth-order valence-corrected chi connectivity index (χ4v) is 4.08. The highest BCUT2D eigenvalue weighted by Gasteiger charge is 2.15. The van der Waals surface area contributed by atoms with Gasteiger partial charge in [0.1, 0.15) is 12.4 Å². The van der Waals surface area contributed by atoms with Crippen molar-refractivity contribution in [2.75, 3.05) is 7.11 Å². The number of nitrogens with zero attached hydrogens (tertiary/aromatic N) is 5. The molecule has 0 aliphatic carbocycles. The van der Waals surface area contributed by atoms with Crippen LogP contribution in [0.3, 0.4) is 0 Å². The van der Waals surface area contributed by atoms with Gasteiger partial charge in [-0.15, -0.1) is 10.2 Å². The Labute approximate surface area is 203 Å². The first-order chi connectivity index (χ1) is 17.1. The molecule has 0 radical (unpaired) electrons. The van der Waals surface area contributed by atoms with Gasteiger partial charge in [0, 0.05) is 46.4 Å². The van der Waals surface area contributed by atoms with Crippen molar-refractivity contribution >= 4 is 0 Å². The molecule has 0 saturated carbocycles. The number of aryl methyl sites for hydroxylation is 2. The number of pyridine rings is 2. The molecule has 1 N–H and O–H groups in total. The Balaban J connectivity index is 1.48. The van der Waals surface area contributed by atoms with Crippen LogP contribution in [0.5, 0.6) is 11.6 Å². The summed E-state index contributed by atoms with van der Waals surface area (Å²) in [4.78, 5) is 8.98. The first-order valence-electron chi connectivity index (χ1n) is 11.2. The van der Waals surface area contributed by atoms with E-state index in [9.17, 15) is 0 Å². The molecule has 0 fully saturated rings. The Morgan fingerprint density at radius 2 is 1.74 bits per heavy atom. The number of hydrogen-bond acceptors (Lipinski definition) is 7. The Kier molecular flexibility index (Phi) is 6.17. The molecular weight excluding hydrogens is 440 g/mol. The van der Waals surface area contributed by atoms with E-state index in [-0.39, 0.29) is 0 Å². The van der Waals surface area contributed by atoms with Crippen LogP contribution in [0.2, 0.25) is 0 Å². The van der Waals surface area contributed by atoms with E-state index in [0.29, 0.717) is 18.3 Å². The Bertz CT molecular complexity index is 1440. The van der Waals surface area contributed by atoms with E-state index >= 15 is 0 Å². The normalized spacial score (nSPS) is 10.8. The molecule has 5 rings (SSSR count). The maximum atomic E-state index is 6.35. The summed E-state index contributed by atoms with van der Waals surface area (Å²) in [6.07, 6.45) is 1.77. The largest absolute Gasteiger partial charge is 0.488 e. The smallest absolute Gasteiger partial charge is 0.212 e. The molecule has 174 valence electrons. The fourth-order valence-electron chi connectivity index (χ4n) is 4.08. The minimum absolute atomic E-state index is 0.361. The van der Waals surface area contributed by atoms with Gasteiger partial charge < -0.3 is 9.47 Å². The van der Waals surface area contributed by atoms with Crippen LogP contribution in [-0.4, -0.2) is 37.7 Å². The Morgan fingerprint density at radius 3 is 2.46 bits per heavy atom. The molecule has 0 spiro atoms. The van der Waals surface area contributed by atoms with Gasteiger partial charge >= 0.3 is 0 Å². The second kappa shape index (κ2) is 9.72. The summed E-state index contributed by atoms with van der Waals surface area (Å²) < 4.78 is 11.5. The molecule has 3 heterocycles. The van der Waals surface area contributed by atoms with Gasteiger partial charge in [0.15, 0.2) is 0 Å². The number of benzene rings is 2. The molecule has 8 nitrogen and oxygen atoms in total. The molecular formula is C27H24N6O2. The lowest BCUT2D eigenvalue weighted by molar-refractivity contribution is 0.307. The van der Waals surface area contributed by atoms with Gasteiger partial charge in [0.2, 0.25) is 11.7 Å². The molecule has 0 atom stereocenters. The van der Waals surface area contributed by atoms with Crippen molar-refractivity contribution in [3.05, 3.63) is 89.9 Å². The van der Waals surface area contributed by atoms with Crippen molar-refractivity contribution < 1.29 is 9.47 Å². The second-order valence-electron chi connectivity index (χ2n) is 8.08. The Hall–Kier alpha value is -4.59. The molecule has 5 aromatic rings. The predicted octanol–water partition coefficient (Wildman–Crippen LogP) is 5.20. The van der Waals surface area contributed by atoms with E-state index in [4.69, 9.17) is 9.47 Å². The lowest BCUT2D eigenvalue weighted by atomic mass is 9.97. The average molecular weight is 465 g/mol. The topological polar surface area (TPSA) is 98.7 Å². The summed E-state index contributed by atoms with van der Waals surface area (Å²) in [5.41, 5.74) is 7.55. The van der Waals surface area contributed by atoms with Crippen LogP contribution in [0.25, 0.3) is 33.6 Å². The minimum Gasteiger partial charge on any atom is -0.488 e. The SMILES string of the molecule is COc1ccc(-c2c(OCc3ccc(-c4ccccc4)c(-c4nn[nH]n4)c3)cc(C)nc2C)cn1. The summed E-state index contributed by atoms with van der Waals surface area (Å²) in [5.74, 6) is 1.84. The van der Waals surface area contributed by atoms with E-state index in [2.05, 4.69) is 54.9 Å². The number of hydrogen-bond donors (Lipinski definition) is 1. The van der Waals surface area contributed by atoms with E-state index in [0.717, 1.165) is 50.5 Å². The van der Waals surface area contributed by atoms with Crippen molar-refractivity contribution in [2.45, 2.75) is 20.5 Å². The van der Waals surface area contributed by atoms with E-state index in [1.807, 2.05) is 56.3 Å². The monoisotopic (exact) mass is 464 g/mol. The second-order valence-corrected chi connectivity index (χ2v) is 8.08. The Morgan fingerprint density at radius 1 is 0.886 bits per heavy atom. The zero-order valence-corrected chi connectivity index (χ0v) is 19.7. The molecule has 35 heavy (non-hydrogen) atoms. The van der Waals surface area contributed by atoms with Crippen LogP contribution < -0.4 is 9.47 Å². The maximum absolute atomic E-state index is 6.35. The number of methoxy groups -OCH3 is 1. The molecule has 0 bridgehead atoms. The van der Waals surface area contributed by atoms with E-state index in [1.165, 1.54) is 0 Å². The molecule has 0 saturated heterocycles. The van der Waals surface area contributed by atoms with Crippen LogP contribution in [0, 0.1) is 13.8 Å². The minimum atomic E-state index is 0.361. The van der Waals surface area contributed by atoms with Crippen molar-refractivity contribution in [1.29, 1.82) is 0 Å². The van der Waals surface area contributed by atoms with E-state index < -0.39 is 0 Å². The molecule has 2 aromatic carbocycles. The highest BCUT2D eigenvalue weighted by molar-refractivity contribution is 5.81. The zero-order chi connectivity index (χ0) is 24.2. The third kappa shape index (κ3) is 4.72. The molecule has 0 unspecified atom stereocenters. The summed E-state index contributed by atoms with van der Waals surface area (Å²) in [5, 5.41) is 14.7. The number of aromatic nitrogens is 6. The van der Waals surface area contributed by atoms with Gasteiger partial charge in [-0.25, -0.2) is 4.98 Å². The first kappa shape index (κ1) is 22.2. The summed E-state index contributed by atoms with van der Waals surface area (Å²) >= 11 is 0. The lowest BCUT2D eigenvalue weighted by Gasteiger charge is -2.16. The van der Waals surface area contributed by atoms with Gasteiger partial charge in [0.25, 0.3) is 0 Å². The van der Waals surface area contributed by atoms with Crippen molar-refractivity contribution in [3.63, 3.8) is 0 Å². The van der Waals surface area contributed by atoms with Crippen molar-refractivity contribution in [3.8, 4) is 45.3 Å². The van der Waals surface area contributed by atoms with Crippen molar-refractivity contribution in [2.24, 2.45) is 0 Å². The molecule has 0 aliphatic heterocycles. The maximum Gasteiger partial charge on any atom is 0.212 e. The lowest BCUT2D eigenvalue weighted by Crippen LogP contribution is -2.02. The zero-order valence-electron chi connectivity index (χ0n) is 19.7. The standard InChI is InChI=1S/C27H24N6O2/c1-17-13-24(26(18(2)29-17)21-10-12-25(34-3)28-15-21)35-16-19-9-11-22(20-7-5-4-6-8-20)23(14-19)27-30-32-33-31-27/h4-15H,16H2,1-3H3,(H,30,31,32,33). The predicted molar refractivity (Wildman–Crippen MR) is 133 cm³/mol. The number of rotatable bonds is 7. The van der Waals surface area contributed by atoms with Crippen molar-refractivity contribution in [1.82, 2.24) is 30.6 Å². The molecule has 0 aliphatic rings. The van der Waals surface area contributed by atoms with Crippen LogP contribution in [0.1, 0.15) is 17.0 Å². The number of nitrogens with one attached hydrogen (secondary N) is 1. The highest BCUT2D eigenvalue weighted by atomic mass is 16.5. The molecule has 0 amide bonds. The van der Waals surface area contributed by atoms with E-state index in [1.54, 1.807) is 13.3 Å². The fraction of sp³-hybridized carbons (Fsp3) is 0.148. The van der Waals surface area contributed by atoms with Gasteiger partial charge in [-0.3, -0.25) is 4.98 Å². The van der Waals surface area contributed by atoms with Crippen LogP contribution >= 0.6 is 0 Å². The van der Waals surface area contributed by atoms with Gasteiger partial charge in [0.05, 0.1) is 7.11 Å². The third-order valence-electron chi connectivity index (χ3n) is 5.68. The highest BCUT2D eigenvalue weighted by Crippen LogP contribution is 2.35. The summed E-state index contributed by atoms with van der Waals surface area (Å²) in [6.45, 7) is 4.29. The summed E-state index contributed by atoms with van der Waals surface area (Å²) in [6, 6.07) is 22.0. The summed E-state index contributed by atoms with van der Waals surface area (Å²) in [7, 11) is 1.60. The van der Waals surface area contributed by atoms with Gasteiger partial charge in [-0.05, 0) is 47.9 Å². The van der Waals surface area contributed by atoms with Crippen LogP contribution in [-0.2, 0) is 6.61 Å². The number of aromatic amines is 1. The number of H-pyrrole nitrogens is 1. The number of tetrazole rings is 1. The third-order valence-corrected chi connectivity index (χ3v) is 5.68. The number of ether oxygens (including phenoxy) is 2. The average Bonchev–Trinajstić information content (AvgIpc) is 3.43. The van der Waals surface area contributed by atoms with Crippen LogP contribution in [0.15, 0.2) is 72.9 Å². The van der Waals surface area contributed by atoms with Crippen LogP contribution in [0.4, 0.5) is 0 Å². The first-order valence-corrected chi connectivity index (χ1v) is 11.2. The van der Waals surface area contributed by atoms with Gasteiger partial charge in [-0.2, -0.15) is 5.21 Å². The molecule has 3 aromatic heterocycles. The quantitative estimate of drug-likeness (QED) is 0.354.